The van der Waals surface area contributed by atoms with E-state index in [4.69, 9.17) is 4.74 Å². The Balaban J connectivity index is 1.37. The SMILES string of the molecule is CCCCN1C(=O)[C@@H]([C@H](O)C(C)C)NC(=O)C12CCN(Cc1ccc(C(=O)Nc3ccc(OC)cc3)cc1)CC2. The average Bonchev–Trinajstić information content (AvgIpc) is 2.96. The maximum absolute atomic E-state index is 13.5. The maximum atomic E-state index is 13.5. The van der Waals surface area contributed by atoms with Crippen molar-refractivity contribution in [2.24, 2.45) is 5.92 Å². The number of piperazine rings is 1. The van der Waals surface area contributed by atoms with Gasteiger partial charge in [0.1, 0.15) is 17.3 Å². The fourth-order valence-electron chi connectivity index (χ4n) is 5.57. The van der Waals surface area contributed by atoms with Crippen molar-refractivity contribution in [2.75, 3.05) is 32.1 Å². The summed E-state index contributed by atoms with van der Waals surface area (Å²) in [4.78, 5) is 43.7. The molecule has 0 aromatic heterocycles. The Morgan fingerprint density at radius 1 is 1.10 bits per heavy atom. The number of likely N-dealkylation sites (tertiary alicyclic amines) is 1. The first-order valence-corrected chi connectivity index (χ1v) is 14.3. The summed E-state index contributed by atoms with van der Waals surface area (Å²) in [5, 5.41) is 16.4. The molecule has 1 spiro atoms. The number of piperidine rings is 1. The van der Waals surface area contributed by atoms with E-state index in [1.165, 1.54) is 0 Å². The summed E-state index contributed by atoms with van der Waals surface area (Å²) in [6.45, 7) is 8.31. The predicted octanol–water partition coefficient (Wildman–Crippen LogP) is 3.43. The Kier molecular flexibility index (Phi) is 9.48. The molecule has 2 aromatic carbocycles. The van der Waals surface area contributed by atoms with Gasteiger partial charge in [-0.05, 0) is 67.1 Å². The van der Waals surface area contributed by atoms with Crippen molar-refractivity contribution in [3.63, 3.8) is 0 Å². The number of methoxy groups -OCH3 is 1. The monoisotopic (exact) mass is 550 g/mol. The Labute approximate surface area is 236 Å². The average molecular weight is 551 g/mol. The Hall–Kier alpha value is -3.43. The third-order valence-corrected chi connectivity index (χ3v) is 8.17. The second-order valence-corrected chi connectivity index (χ2v) is 11.2. The van der Waals surface area contributed by atoms with Crippen LogP contribution in [-0.4, -0.2) is 77.1 Å². The lowest BCUT2D eigenvalue weighted by Crippen LogP contribution is -2.74. The highest BCUT2D eigenvalue weighted by Gasteiger charge is 2.54. The number of hydrogen-bond donors (Lipinski definition) is 3. The minimum absolute atomic E-state index is 0.141. The quantitative estimate of drug-likeness (QED) is 0.418. The molecular weight excluding hydrogens is 508 g/mol. The van der Waals surface area contributed by atoms with Crippen LogP contribution in [0, 0.1) is 5.92 Å². The zero-order chi connectivity index (χ0) is 28.9. The fourth-order valence-corrected chi connectivity index (χ4v) is 5.57. The molecule has 4 rings (SSSR count). The van der Waals surface area contributed by atoms with Gasteiger partial charge in [0.05, 0.1) is 13.2 Å². The second-order valence-electron chi connectivity index (χ2n) is 11.2. The molecule has 2 aliphatic rings. The van der Waals surface area contributed by atoms with Crippen LogP contribution in [-0.2, 0) is 16.1 Å². The van der Waals surface area contributed by atoms with E-state index in [1.54, 1.807) is 36.3 Å². The lowest BCUT2D eigenvalue weighted by molar-refractivity contribution is -0.165. The summed E-state index contributed by atoms with van der Waals surface area (Å²) >= 11 is 0. The van der Waals surface area contributed by atoms with Crippen molar-refractivity contribution in [2.45, 2.75) is 70.7 Å². The highest BCUT2D eigenvalue weighted by molar-refractivity contribution is 6.04. The molecule has 2 aliphatic heterocycles. The summed E-state index contributed by atoms with van der Waals surface area (Å²) < 4.78 is 5.16. The molecule has 2 saturated heterocycles. The van der Waals surface area contributed by atoms with Gasteiger partial charge in [-0.1, -0.05) is 39.3 Å². The minimum Gasteiger partial charge on any atom is -0.497 e. The molecule has 2 atom stereocenters. The predicted molar refractivity (Wildman–Crippen MR) is 154 cm³/mol. The number of ether oxygens (including phenoxy) is 1. The standard InChI is InChI=1S/C31H42N4O5/c1-5-6-17-35-29(38)26(27(36)21(2)3)33-30(39)31(35)15-18-34(19-16-31)20-22-7-9-23(10-8-22)28(37)32-24-11-13-25(40-4)14-12-24/h7-14,21,26-27,36H,5-6,15-20H2,1-4H3,(H,32,37)(H,33,39)/t26-,27-/m1/s1. The molecule has 2 aromatic rings. The smallest absolute Gasteiger partial charge is 0.255 e. The van der Waals surface area contributed by atoms with Crippen molar-refractivity contribution in [1.29, 1.82) is 0 Å². The number of unbranched alkanes of at least 4 members (excludes halogenated alkanes) is 1. The maximum Gasteiger partial charge on any atom is 0.255 e. The number of benzene rings is 2. The first-order chi connectivity index (χ1) is 19.2. The van der Waals surface area contributed by atoms with Gasteiger partial charge in [-0.25, -0.2) is 0 Å². The molecule has 2 heterocycles. The van der Waals surface area contributed by atoms with Gasteiger partial charge in [-0.15, -0.1) is 0 Å². The van der Waals surface area contributed by atoms with Gasteiger partial charge in [0.2, 0.25) is 11.8 Å². The van der Waals surface area contributed by atoms with Gasteiger partial charge in [0.25, 0.3) is 5.91 Å². The van der Waals surface area contributed by atoms with Crippen LogP contribution in [0.2, 0.25) is 0 Å². The zero-order valence-corrected chi connectivity index (χ0v) is 24.0. The van der Waals surface area contributed by atoms with Gasteiger partial charge < -0.3 is 25.4 Å². The summed E-state index contributed by atoms with van der Waals surface area (Å²) in [6, 6.07) is 13.8. The summed E-state index contributed by atoms with van der Waals surface area (Å²) in [5.41, 5.74) is 1.46. The van der Waals surface area contributed by atoms with Crippen LogP contribution in [0.3, 0.4) is 0 Å². The largest absolute Gasteiger partial charge is 0.497 e. The summed E-state index contributed by atoms with van der Waals surface area (Å²) in [6.07, 6.45) is 1.90. The third-order valence-electron chi connectivity index (χ3n) is 8.17. The van der Waals surface area contributed by atoms with Crippen LogP contribution in [0.15, 0.2) is 48.5 Å². The number of amides is 3. The van der Waals surface area contributed by atoms with E-state index in [0.29, 0.717) is 50.3 Å². The number of hydrogen-bond acceptors (Lipinski definition) is 6. The number of nitrogens with zero attached hydrogens (tertiary/aromatic N) is 2. The molecule has 40 heavy (non-hydrogen) atoms. The van der Waals surface area contributed by atoms with Crippen molar-refractivity contribution < 1.29 is 24.2 Å². The van der Waals surface area contributed by atoms with Crippen LogP contribution in [0.5, 0.6) is 5.75 Å². The van der Waals surface area contributed by atoms with Crippen LogP contribution in [0.1, 0.15) is 62.4 Å². The molecule has 0 saturated carbocycles. The van der Waals surface area contributed by atoms with Crippen LogP contribution in [0.25, 0.3) is 0 Å². The zero-order valence-electron chi connectivity index (χ0n) is 24.0. The van der Waals surface area contributed by atoms with E-state index in [0.717, 1.165) is 24.2 Å². The van der Waals surface area contributed by atoms with Gasteiger partial charge >= 0.3 is 0 Å². The first-order valence-electron chi connectivity index (χ1n) is 14.3. The molecule has 0 bridgehead atoms. The van der Waals surface area contributed by atoms with Crippen LogP contribution >= 0.6 is 0 Å². The Bertz CT molecular complexity index is 1170. The molecule has 216 valence electrons. The molecular formula is C31H42N4O5. The van der Waals surface area contributed by atoms with Crippen LogP contribution in [0.4, 0.5) is 5.69 Å². The minimum atomic E-state index is -0.917. The number of rotatable bonds is 10. The highest BCUT2D eigenvalue weighted by Crippen LogP contribution is 2.35. The lowest BCUT2D eigenvalue weighted by Gasteiger charge is -2.52. The second kappa shape index (κ2) is 12.8. The van der Waals surface area contributed by atoms with E-state index in [2.05, 4.69) is 22.5 Å². The number of anilines is 1. The highest BCUT2D eigenvalue weighted by atomic mass is 16.5. The molecule has 3 amide bonds. The number of aliphatic hydroxyl groups excluding tert-OH is 1. The number of nitrogens with one attached hydrogen (secondary N) is 2. The van der Waals surface area contributed by atoms with Crippen molar-refractivity contribution >= 4 is 23.4 Å². The third kappa shape index (κ3) is 6.31. The van der Waals surface area contributed by atoms with Gasteiger partial charge in [-0.3, -0.25) is 19.3 Å². The van der Waals surface area contributed by atoms with E-state index >= 15 is 0 Å². The van der Waals surface area contributed by atoms with Crippen molar-refractivity contribution in [3.8, 4) is 5.75 Å². The molecule has 0 aliphatic carbocycles. The molecule has 0 radical (unpaired) electrons. The number of carbonyl (C=O) groups excluding carboxylic acids is 3. The van der Waals surface area contributed by atoms with Crippen LogP contribution < -0.4 is 15.4 Å². The summed E-state index contributed by atoms with van der Waals surface area (Å²) in [5.74, 6) is 0.0752. The fraction of sp³-hybridized carbons (Fsp3) is 0.516. The number of carbonyl (C=O) groups is 3. The van der Waals surface area contributed by atoms with Gasteiger partial charge in [-0.2, -0.15) is 0 Å². The topological polar surface area (TPSA) is 111 Å². The van der Waals surface area contributed by atoms with Crippen molar-refractivity contribution in [1.82, 2.24) is 15.1 Å². The van der Waals surface area contributed by atoms with E-state index in [9.17, 15) is 19.5 Å². The molecule has 9 heteroatoms. The van der Waals surface area contributed by atoms with Crippen molar-refractivity contribution in [3.05, 3.63) is 59.7 Å². The number of aliphatic hydroxyl groups is 1. The Morgan fingerprint density at radius 3 is 2.33 bits per heavy atom. The summed E-state index contributed by atoms with van der Waals surface area (Å²) in [7, 11) is 1.60. The molecule has 2 fully saturated rings. The van der Waals surface area contributed by atoms with E-state index in [-0.39, 0.29) is 23.6 Å². The van der Waals surface area contributed by atoms with E-state index < -0.39 is 17.7 Å². The van der Waals surface area contributed by atoms with E-state index in [1.807, 2.05) is 38.1 Å². The van der Waals surface area contributed by atoms with Gasteiger partial charge in [0.15, 0.2) is 0 Å². The molecule has 0 unspecified atom stereocenters. The normalized spacial score (nSPS) is 19.9. The molecule has 3 N–H and O–H groups in total. The lowest BCUT2D eigenvalue weighted by atomic mass is 9.80. The Morgan fingerprint density at radius 2 is 1.75 bits per heavy atom. The molecule has 9 nitrogen and oxygen atoms in total. The first kappa shape index (κ1) is 29.6. The van der Waals surface area contributed by atoms with Gasteiger partial charge in [0, 0.05) is 37.4 Å².